The van der Waals surface area contributed by atoms with Gasteiger partial charge in [-0.15, -0.1) is 0 Å². The van der Waals surface area contributed by atoms with Gasteiger partial charge in [0.1, 0.15) is 5.75 Å². The molecular weight excluding hydrogens is 446 g/mol. The predicted molar refractivity (Wildman–Crippen MR) is 118 cm³/mol. The van der Waals surface area contributed by atoms with E-state index in [-0.39, 0.29) is 12.2 Å². The maximum Gasteiger partial charge on any atom is 0.314 e. The number of halogens is 1. The lowest BCUT2D eigenvalue weighted by Crippen LogP contribution is -2.33. The first-order valence-corrected chi connectivity index (χ1v) is 11.1. The number of aromatic hydroxyl groups is 1. The smallest absolute Gasteiger partial charge is 0.314 e. The molecule has 0 aliphatic carbocycles. The molecule has 168 valence electrons. The largest absolute Gasteiger partial charge is 0.507 e. The second-order valence-electron chi connectivity index (χ2n) is 7.07. The van der Waals surface area contributed by atoms with Gasteiger partial charge in [-0.2, -0.15) is 17.9 Å². The molecule has 1 aliphatic rings. The Morgan fingerprint density at radius 1 is 1.13 bits per heavy atom. The predicted octanol–water partition coefficient (Wildman–Crippen LogP) is 3.04. The van der Waals surface area contributed by atoms with Crippen LogP contribution in [-0.2, 0) is 10.2 Å². The van der Waals surface area contributed by atoms with Gasteiger partial charge in [-0.1, -0.05) is 11.6 Å². The van der Waals surface area contributed by atoms with Crippen molar-refractivity contribution >= 4 is 27.5 Å². The Morgan fingerprint density at radius 3 is 2.19 bits per heavy atom. The molecule has 0 aromatic heterocycles. The van der Waals surface area contributed by atoms with Crippen LogP contribution in [0.1, 0.15) is 34.7 Å². The van der Waals surface area contributed by atoms with Crippen molar-refractivity contribution in [2.75, 3.05) is 21.3 Å². The Balaban J connectivity index is 2.16. The summed E-state index contributed by atoms with van der Waals surface area (Å²) in [7, 11) is 0.177. The van der Waals surface area contributed by atoms with Gasteiger partial charge in [0.25, 0.3) is 0 Å². The zero-order chi connectivity index (χ0) is 23.1. The minimum atomic E-state index is -4.22. The van der Waals surface area contributed by atoms with E-state index < -0.39 is 16.3 Å². The zero-order valence-corrected chi connectivity index (χ0v) is 19.3. The molecule has 1 aliphatic heterocycles. The minimum Gasteiger partial charge on any atom is -0.507 e. The molecule has 0 saturated heterocycles. The van der Waals surface area contributed by atoms with Crippen molar-refractivity contribution in [2.24, 2.45) is 10.2 Å². The molecule has 1 unspecified atom stereocenters. The second-order valence-corrected chi connectivity index (χ2v) is 8.85. The van der Waals surface area contributed by atoms with E-state index in [4.69, 9.17) is 31.0 Å². The Hall–Kier alpha value is -2.69. The summed E-state index contributed by atoms with van der Waals surface area (Å²) in [6, 6.07) is 3.99. The van der Waals surface area contributed by atoms with E-state index in [0.717, 1.165) is 4.41 Å². The minimum absolute atomic E-state index is 0.0435. The van der Waals surface area contributed by atoms with Crippen LogP contribution in [0.3, 0.4) is 0 Å². The monoisotopic (exact) mass is 469 g/mol. The first-order chi connectivity index (χ1) is 14.5. The summed E-state index contributed by atoms with van der Waals surface area (Å²) < 4.78 is 41.6. The topological polar surface area (TPSA) is 124 Å². The number of rotatable bonds is 6. The highest BCUT2D eigenvalue weighted by Crippen LogP contribution is 2.44. The van der Waals surface area contributed by atoms with Crippen molar-refractivity contribution < 1.29 is 27.7 Å². The molecule has 0 fully saturated rings. The van der Waals surface area contributed by atoms with Crippen molar-refractivity contribution in [3.63, 3.8) is 0 Å². The number of hydrogen-bond donors (Lipinski definition) is 2. The summed E-state index contributed by atoms with van der Waals surface area (Å²) in [5.74, 6) is 1.04. The maximum absolute atomic E-state index is 12.3. The van der Waals surface area contributed by atoms with Crippen LogP contribution < -0.4 is 19.3 Å². The van der Waals surface area contributed by atoms with Gasteiger partial charge < -0.3 is 19.3 Å². The lowest BCUT2D eigenvalue weighted by Gasteiger charge is -2.23. The van der Waals surface area contributed by atoms with Crippen LogP contribution in [0.5, 0.6) is 23.0 Å². The Labute approximate surface area is 186 Å². The lowest BCUT2D eigenvalue weighted by molar-refractivity contribution is 0.320. The number of hydrogen-bond acceptors (Lipinski definition) is 7. The summed E-state index contributed by atoms with van der Waals surface area (Å²) in [5, 5.41) is 20.7. The van der Waals surface area contributed by atoms with Crippen LogP contribution >= 0.6 is 11.6 Å². The molecule has 3 N–H and O–H groups in total. The van der Waals surface area contributed by atoms with Crippen LogP contribution in [0.25, 0.3) is 0 Å². The molecule has 2 aromatic carbocycles. The first-order valence-electron chi connectivity index (χ1n) is 9.22. The van der Waals surface area contributed by atoms with Crippen LogP contribution in [0.15, 0.2) is 23.3 Å². The van der Waals surface area contributed by atoms with Crippen LogP contribution in [0.2, 0.25) is 5.02 Å². The quantitative estimate of drug-likeness (QED) is 0.670. The van der Waals surface area contributed by atoms with E-state index in [2.05, 4.69) is 5.10 Å². The van der Waals surface area contributed by atoms with E-state index in [9.17, 15) is 13.5 Å². The number of nitrogens with two attached hydrogens (primary N) is 1. The summed E-state index contributed by atoms with van der Waals surface area (Å²) >= 11 is 6.36. The van der Waals surface area contributed by atoms with Crippen LogP contribution in [0, 0.1) is 13.8 Å². The van der Waals surface area contributed by atoms with Crippen molar-refractivity contribution in [1.29, 1.82) is 0 Å². The number of ether oxygens (including phenoxy) is 3. The van der Waals surface area contributed by atoms with Gasteiger partial charge in [-0.3, -0.25) is 0 Å². The number of benzene rings is 2. The van der Waals surface area contributed by atoms with Gasteiger partial charge in [-0.25, -0.2) is 5.14 Å². The third-order valence-electron chi connectivity index (χ3n) is 5.15. The fraction of sp³-hybridized carbons (Fsp3) is 0.350. The fourth-order valence-corrected chi connectivity index (χ4v) is 4.63. The molecule has 31 heavy (non-hydrogen) atoms. The fourth-order valence-electron chi connectivity index (χ4n) is 3.72. The van der Waals surface area contributed by atoms with E-state index in [0.29, 0.717) is 50.2 Å². The normalized spacial score (nSPS) is 16.3. The van der Waals surface area contributed by atoms with Gasteiger partial charge in [-0.05, 0) is 48.7 Å². The van der Waals surface area contributed by atoms with Gasteiger partial charge >= 0.3 is 10.2 Å². The molecule has 0 saturated carbocycles. The van der Waals surface area contributed by atoms with Gasteiger partial charge in [0.2, 0.25) is 5.75 Å². The molecule has 0 radical (unpaired) electrons. The number of hydrazone groups is 1. The highest BCUT2D eigenvalue weighted by atomic mass is 35.5. The number of phenols is 1. The Morgan fingerprint density at radius 2 is 1.71 bits per heavy atom. The molecule has 9 nitrogen and oxygen atoms in total. The summed E-state index contributed by atoms with van der Waals surface area (Å²) in [6.07, 6.45) is 0.142. The molecule has 3 rings (SSSR count). The average molecular weight is 470 g/mol. The number of methoxy groups -OCH3 is 3. The van der Waals surface area contributed by atoms with Gasteiger partial charge in [0, 0.05) is 17.0 Å². The highest BCUT2D eigenvalue weighted by molar-refractivity contribution is 7.86. The van der Waals surface area contributed by atoms with Crippen molar-refractivity contribution in [3.05, 3.63) is 45.5 Å². The standard InChI is InChI=1S/C20H24ClN3O6S/c1-10-6-15(25)18(11(2)19(10)21)13-9-14(24(23-13)31(22,26)27)12-7-16(28-3)20(30-5)17(8-12)29-4/h6-8,14,25H,9H2,1-5H3,(H2,22,26,27). The SMILES string of the molecule is COc1cc(C2CC(c3c(O)cc(C)c(Cl)c3C)=NN2S(N)(=O)=O)cc(OC)c1OC. The lowest BCUT2D eigenvalue weighted by atomic mass is 9.94. The summed E-state index contributed by atoms with van der Waals surface area (Å²) in [6.45, 7) is 3.51. The van der Waals surface area contributed by atoms with Crippen molar-refractivity contribution in [2.45, 2.75) is 26.3 Å². The third kappa shape index (κ3) is 4.10. The molecular formula is C20H24ClN3O6S. The zero-order valence-electron chi connectivity index (χ0n) is 17.8. The average Bonchev–Trinajstić information content (AvgIpc) is 3.16. The molecule has 0 spiro atoms. The number of phenolic OH excluding ortho intramolecular Hbond substituents is 1. The van der Waals surface area contributed by atoms with Crippen molar-refractivity contribution in [1.82, 2.24) is 4.41 Å². The van der Waals surface area contributed by atoms with Crippen LogP contribution in [-0.4, -0.2) is 45.0 Å². The summed E-state index contributed by atoms with van der Waals surface area (Å²) in [4.78, 5) is 0. The Bertz CT molecular complexity index is 1140. The number of nitrogens with zero attached hydrogens (tertiary/aromatic N) is 2. The maximum atomic E-state index is 12.3. The van der Waals surface area contributed by atoms with Crippen molar-refractivity contribution in [3.8, 4) is 23.0 Å². The van der Waals surface area contributed by atoms with Gasteiger partial charge in [0.15, 0.2) is 11.5 Å². The van der Waals surface area contributed by atoms with E-state index in [1.165, 1.54) is 27.4 Å². The molecule has 0 amide bonds. The second kappa shape index (κ2) is 8.45. The van der Waals surface area contributed by atoms with Gasteiger partial charge in [0.05, 0.1) is 33.1 Å². The molecule has 0 bridgehead atoms. The summed E-state index contributed by atoms with van der Waals surface area (Å²) in [5.41, 5.74) is 2.53. The molecule has 1 heterocycles. The highest BCUT2D eigenvalue weighted by Gasteiger charge is 2.37. The van der Waals surface area contributed by atoms with E-state index >= 15 is 0 Å². The molecule has 1 atom stereocenters. The molecule has 2 aromatic rings. The van der Waals surface area contributed by atoms with E-state index in [1.807, 2.05) is 0 Å². The number of aryl methyl sites for hydroxylation is 1. The molecule has 11 heteroatoms. The van der Waals surface area contributed by atoms with E-state index in [1.54, 1.807) is 26.0 Å². The van der Waals surface area contributed by atoms with Crippen LogP contribution in [0.4, 0.5) is 0 Å². The third-order valence-corrected chi connectivity index (χ3v) is 6.59. The first kappa shape index (κ1) is 23.0. The Kier molecular flexibility index (Phi) is 6.26.